The summed E-state index contributed by atoms with van der Waals surface area (Å²) < 4.78 is 4.87. The van der Waals surface area contributed by atoms with Crippen LogP contribution < -0.4 is 10.5 Å². The first-order valence-corrected chi connectivity index (χ1v) is 5.67. The number of aromatic nitrogens is 2. The maximum Gasteiger partial charge on any atom is 0.410 e. The molecular formula is C12H10ClN3O2. The average Bonchev–Trinajstić information content (AvgIpc) is 2.39. The third kappa shape index (κ3) is 2.57. The highest BCUT2D eigenvalue weighted by Crippen LogP contribution is 2.30. The zero-order valence-corrected chi connectivity index (χ0v) is 10.1. The summed E-state index contributed by atoms with van der Waals surface area (Å²) in [4.78, 5) is 18.7. The molecule has 0 bridgehead atoms. The lowest BCUT2D eigenvalue weighted by atomic mass is 10.1. The number of nitrogens with two attached hydrogens (primary N) is 1. The number of hydrogen-bond donors (Lipinski definition) is 1. The quantitative estimate of drug-likeness (QED) is 0.862. The van der Waals surface area contributed by atoms with E-state index in [-0.39, 0.29) is 5.75 Å². The van der Waals surface area contributed by atoms with Gasteiger partial charge < -0.3 is 10.5 Å². The van der Waals surface area contributed by atoms with Crippen molar-refractivity contribution in [1.82, 2.24) is 9.97 Å². The minimum absolute atomic E-state index is 0.211. The van der Waals surface area contributed by atoms with Crippen LogP contribution in [-0.4, -0.2) is 16.1 Å². The van der Waals surface area contributed by atoms with E-state index in [0.717, 1.165) is 11.1 Å². The second-order valence-corrected chi connectivity index (χ2v) is 3.71. The number of halogens is 1. The number of ether oxygens (including phenoxy) is 1. The number of amides is 1. The molecule has 0 fully saturated rings. The number of carbonyl (C=O) groups is 1. The van der Waals surface area contributed by atoms with Crippen LogP contribution in [0.3, 0.4) is 0 Å². The van der Waals surface area contributed by atoms with E-state index in [1.165, 1.54) is 12.5 Å². The molecule has 0 spiro atoms. The van der Waals surface area contributed by atoms with Crippen LogP contribution in [0.25, 0.3) is 11.3 Å². The van der Waals surface area contributed by atoms with Gasteiger partial charge in [-0.15, -0.1) is 11.6 Å². The van der Waals surface area contributed by atoms with Crippen molar-refractivity contribution in [3.05, 3.63) is 42.4 Å². The molecule has 0 aliphatic rings. The van der Waals surface area contributed by atoms with Crippen molar-refractivity contribution >= 4 is 17.7 Å². The van der Waals surface area contributed by atoms with E-state index in [1.807, 2.05) is 24.3 Å². The summed E-state index contributed by atoms with van der Waals surface area (Å²) in [6.45, 7) is 0. The fourth-order valence-electron chi connectivity index (χ4n) is 1.57. The van der Waals surface area contributed by atoms with Crippen molar-refractivity contribution in [2.24, 2.45) is 5.73 Å². The van der Waals surface area contributed by atoms with Gasteiger partial charge in [0.2, 0.25) is 0 Å². The lowest BCUT2D eigenvalue weighted by molar-refractivity contribution is 0.210. The molecule has 0 saturated heterocycles. The highest BCUT2D eigenvalue weighted by Gasteiger charge is 2.13. The first-order valence-electron chi connectivity index (χ1n) is 5.14. The highest BCUT2D eigenvalue weighted by atomic mass is 35.5. The topological polar surface area (TPSA) is 78.1 Å². The highest BCUT2D eigenvalue weighted by molar-refractivity contribution is 6.17. The molecule has 1 heterocycles. The van der Waals surface area contributed by atoms with Crippen molar-refractivity contribution in [2.45, 2.75) is 5.88 Å². The van der Waals surface area contributed by atoms with Crippen LogP contribution in [-0.2, 0) is 5.88 Å². The molecule has 1 aromatic carbocycles. The van der Waals surface area contributed by atoms with Gasteiger partial charge in [0.15, 0.2) is 5.75 Å². The summed E-state index contributed by atoms with van der Waals surface area (Å²) in [6.07, 6.45) is 1.85. The zero-order chi connectivity index (χ0) is 13.0. The molecule has 1 amide bonds. The Morgan fingerprint density at radius 1 is 1.39 bits per heavy atom. The van der Waals surface area contributed by atoms with E-state index in [4.69, 9.17) is 22.1 Å². The second kappa shape index (κ2) is 5.46. The van der Waals surface area contributed by atoms with Crippen LogP contribution in [0.1, 0.15) is 5.56 Å². The first kappa shape index (κ1) is 12.3. The van der Waals surface area contributed by atoms with Crippen molar-refractivity contribution in [3.63, 3.8) is 0 Å². The maximum atomic E-state index is 10.8. The predicted molar refractivity (Wildman–Crippen MR) is 67.2 cm³/mol. The molecule has 18 heavy (non-hydrogen) atoms. The second-order valence-electron chi connectivity index (χ2n) is 3.45. The molecule has 2 N–H and O–H groups in total. The van der Waals surface area contributed by atoms with E-state index < -0.39 is 6.09 Å². The molecule has 6 heteroatoms. The Morgan fingerprint density at radius 2 is 2.17 bits per heavy atom. The molecule has 0 unspecified atom stereocenters. The largest absolute Gasteiger partial charge is 0.410 e. The van der Waals surface area contributed by atoms with Crippen LogP contribution in [0, 0.1) is 0 Å². The molecule has 5 nitrogen and oxygen atoms in total. The third-order valence-electron chi connectivity index (χ3n) is 2.31. The summed E-state index contributed by atoms with van der Waals surface area (Å²) in [5.41, 5.74) is 7.15. The molecule has 0 aliphatic carbocycles. The number of alkyl halides is 1. The molecule has 92 valence electrons. The van der Waals surface area contributed by atoms with Crippen molar-refractivity contribution in [2.75, 3.05) is 0 Å². The number of nitrogens with zero attached hydrogens (tertiary/aromatic N) is 2. The smallest absolute Gasteiger partial charge is 0.406 e. The summed E-state index contributed by atoms with van der Waals surface area (Å²) in [5.74, 6) is 0.540. The normalized spacial score (nSPS) is 10.1. The van der Waals surface area contributed by atoms with Crippen LogP contribution in [0.5, 0.6) is 5.75 Å². The van der Waals surface area contributed by atoms with Gasteiger partial charge >= 0.3 is 6.09 Å². The predicted octanol–water partition coefficient (Wildman–Crippen LogP) is 2.34. The minimum atomic E-state index is -0.908. The van der Waals surface area contributed by atoms with Gasteiger partial charge in [0.1, 0.15) is 12.0 Å². The molecular weight excluding hydrogens is 254 g/mol. The summed E-state index contributed by atoms with van der Waals surface area (Å²) >= 11 is 5.86. The third-order valence-corrected chi connectivity index (χ3v) is 2.59. The van der Waals surface area contributed by atoms with Crippen LogP contribution in [0.4, 0.5) is 4.79 Å². The summed E-state index contributed by atoms with van der Waals surface area (Å²) in [6, 6.07) is 7.44. The van der Waals surface area contributed by atoms with E-state index in [9.17, 15) is 4.79 Å². The minimum Gasteiger partial charge on any atom is -0.406 e. The molecule has 1 aromatic heterocycles. The fraction of sp³-hybridized carbons (Fsp3) is 0.0833. The summed E-state index contributed by atoms with van der Waals surface area (Å²) in [7, 11) is 0. The lowest BCUT2D eigenvalue weighted by Crippen LogP contribution is -2.17. The van der Waals surface area contributed by atoms with E-state index in [1.54, 1.807) is 0 Å². The van der Waals surface area contributed by atoms with E-state index in [0.29, 0.717) is 11.6 Å². The van der Waals surface area contributed by atoms with Gasteiger partial charge in [0.05, 0.1) is 6.20 Å². The number of hydrogen-bond acceptors (Lipinski definition) is 4. The van der Waals surface area contributed by atoms with Crippen LogP contribution in [0.2, 0.25) is 0 Å². The molecule has 2 rings (SSSR count). The molecule has 0 radical (unpaired) electrons. The SMILES string of the molecule is NC(=O)Oc1cncnc1-c1ccccc1CCl. The Morgan fingerprint density at radius 3 is 2.89 bits per heavy atom. The molecule has 0 aliphatic heterocycles. The van der Waals surface area contributed by atoms with E-state index >= 15 is 0 Å². The Kier molecular flexibility index (Phi) is 3.74. The standard InChI is InChI=1S/C12H10ClN3O2/c13-5-8-3-1-2-4-9(8)11-10(18-12(14)17)6-15-7-16-11/h1-4,6-7H,5H2,(H2,14,17). The first-order chi connectivity index (χ1) is 8.72. The number of carbonyl (C=O) groups excluding carboxylic acids is 1. The fourth-order valence-corrected chi connectivity index (χ4v) is 1.80. The summed E-state index contributed by atoms with van der Waals surface area (Å²) in [5, 5.41) is 0. The molecule has 0 saturated carbocycles. The Bertz CT molecular complexity index is 575. The Balaban J connectivity index is 2.53. The van der Waals surface area contributed by atoms with Gasteiger partial charge in [0, 0.05) is 11.4 Å². The number of benzene rings is 1. The van der Waals surface area contributed by atoms with Gasteiger partial charge in [-0.2, -0.15) is 0 Å². The number of primary amides is 1. The van der Waals surface area contributed by atoms with Gasteiger partial charge in [-0.1, -0.05) is 24.3 Å². The van der Waals surface area contributed by atoms with Gasteiger partial charge in [-0.05, 0) is 5.56 Å². The van der Waals surface area contributed by atoms with Crippen molar-refractivity contribution in [1.29, 1.82) is 0 Å². The van der Waals surface area contributed by atoms with Gasteiger partial charge in [-0.25, -0.2) is 14.8 Å². The maximum absolute atomic E-state index is 10.8. The number of rotatable bonds is 3. The van der Waals surface area contributed by atoms with Crippen LogP contribution in [0.15, 0.2) is 36.8 Å². The van der Waals surface area contributed by atoms with E-state index in [2.05, 4.69) is 9.97 Å². The lowest BCUT2D eigenvalue weighted by Gasteiger charge is -2.09. The Labute approximate surface area is 109 Å². The van der Waals surface area contributed by atoms with Crippen molar-refractivity contribution in [3.8, 4) is 17.0 Å². The molecule has 0 atom stereocenters. The molecule has 2 aromatic rings. The van der Waals surface area contributed by atoms with Gasteiger partial charge in [-0.3, -0.25) is 0 Å². The zero-order valence-electron chi connectivity index (χ0n) is 9.34. The van der Waals surface area contributed by atoms with Crippen molar-refractivity contribution < 1.29 is 9.53 Å². The van der Waals surface area contributed by atoms with Crippen LogP contribution >= 0.6 is 11.6 Å². The monoisotopic (exact) mass is 263 g/mol. The average molecular weight is 264 g/mol. The Hall–Kier alpha value is -2.14. The van der Waals surface area contributed by atoms with Gasteiger partial charge in [0.25, 0.3) is 0 Å².